The molecule has 5 rings (SSSR count). The van der Waals surface area contributed by atoms with E-state index in [2.05, 4.69) is 5.16 Å². The average Bonchev–Trinajstić information content (AvgIpc) is 2.97. The van der Waals surface area contributed by atoms with Crippen molar-refractivity contribution in [2.75, 3.05) is 20.3 Å². The van der Waals surface area contributed by atoms with Gasteiger partial charge < -0.3 is 14.3 Å². The van der Waals surface area contributed by atoms with Crippen molar-refractivity contribution in [3.05, 3.63) is 131 Å². The number of rotatable bonds is 9. The highest BCUT2D eigenvalue weighted by molar-refractivity contribution is 7.99. The molecule has 1 saturated heterocycles. The molecule has 0 N–H and O–H groups in total. The Morgan fingerprint density at radius 2 is 1.47 bits per heavy atom. The minimum atomic E-state index is -0.504. The zero-order valence-electron chi connectivity index (χ0n) is 21.3. The van der Waals surface area contributed by atoms with Gasteiger partial charge in [-0.1, -0.05) is 89.7 Å². The van der Waals surface area contributed by atoms with Gasteiger partial charge >= 0.3 is 0 Å². The Morgan fingerprint density at radius 1 is 0.842 bits per heavy atom. The van der Waals surface area contributed by atoms with E-state index in [0.717, 1.165) is 37.8 Å². The molecule has 4 nitrogen and oxygen atoms in total. The van der Waals surface area contributed by atoms with Crippen LogP contribution < -0.4 is 0 Å². The van der Waals surface area contributed by atoms with Crippen molar-refractivity contribution in [2.45, 2.75) is 34.8 Å². The first-order valence-corrected chi connectivity index (χ1v) is 13.5. The number of oxime groups is 1. The normalized spacial score (nSPS) is 14.6. The smallest absolute Gasteiger partial charge is 0.142 e. The Hall–Kier alpha value is -3.45. The van der Waals surface area contributed by atoms with Gasteiger partial charge in [0, 0.05) is 54.1 Å². The molecule has 0 saturated carbocycles. The summed E-state index contributed by atoms with van der Waals surface area (Å²) in [5.74, 6) is -0.261. The van der Waals surface area contributed by atoms with Gasteiger partial charge in [0.15, 0.2) is 0 Å². The molecule has 0 unspecified atom stereocenters. The van der Waals surface area contributed by atoms with Crippen LogP contribution in [0.25, 0.3) is 0 Å². The second-order valence-corrected chi connectivity index (χ2v) is 10.3. The van der Waals surface area contributed by atoms with Crippen molar-refractivity contribution in [1.82, 2.24) is 0 Å². The van der Waals surface area contributed by atoms with Gasteiger partial charge in [-0.15, -0.1) is 0 Å². The summed E-state index contributed by atoms with van der Waals surface area (Å²) >= 11 is 1.53. The van der Waals surface area contributed by atoms with Crippen molar-refractivity contribution in [3.8, 4) is 0 Å². The number of ether oxygens (including phenoxy) is 2. The molecule has 0 amide bonds. The minimum absolute atomic E-state index is 0.261. The van der Waals surface area contributed by atoms with Crippen molar-refractivity contribution in [2.24, 2.45) is 5.16 Å². The fourth-order valence-electron chi connectivity index (χ4n) is 4.62. The summed E-state index contributed by atoms with van der Waals surface area (Å²) in [5.41, 5.74) is 4.14. The van der Waals surface area contributed by atoms with Gasteiger partial charge in [0.2, 0.25) is 0 Å². The van der Waals surface area contributed by atoms with Gasteiger partial charge in [-0.05, 0) is 41.5 Å². The lowest BCUT2D eigenvalue weighted by atomic mass is 9.86. The fraction of sp³-hybridized carbons (Fsp3) is 0.219. The topological polar surface area (TPSA) is 40.0 Å². The summed E-state index contributed by atoms with van der Waals surface area (Å²) in [4.78, 5) is 7.63. The Bertz CT molecular complexity index is 1310. The zero-order valence-corrected chi connectivity index (χ0v) is 22.1. The maximum Gasteiger partial charge on any atom is 0.142 e. The summed E-state index contributed by atoms with van der Waals surface area (Å²) in [6.07, 6.45) is 1.43. The van der Waals surface area contributed by atoms with E-state index < -0.39 is 5.60 Å². The lowest BCUT2D eigenvalue weighted by molar-refractivity contribution is -0.0950. The van der Waals surface area contributed by atoms with Gasteiger partial charge in [-0.3, -0.25) is 0 Å². The molecule has 38 heavy (non-hydrogen) atoms. The van der Waals surface area contributed by atoms with Crippen LogP contribution in [0.4, 0.5) is 4.39 Å². The predicted octanol–water partition coefficient (Wildman–Crippen LogP) is 7.60. The van der Waals surface area contributed by atoms with Gasteiger partial charge in [-0.2, -0.15) is 0 Å². The molecule has 0 radical (unpaired) electrons. The highest BCUT2D eigenvalue weighted by atomic mass is 32.2. The number of nitrogens with zero attached hydrogens (tertiary/aromatic N) is 1. The molecule has 0 aliphatic carbocycles. The third-order valence-electron chi connectivity index (χ3n) is 6.73. The van der Waals surface area contributed by atoms with E-state index in [4.69, 9.17) is 14.3 Å². The minimum Gasteiger partial charge on any atom is -0.390 e. The zero-order chi connectivity index (χ0) is 26.2. The first-order valence-electron chi connectivity index (χ1n) is 12.7. The molecular formula is C32H30FNO3S. The SMILES string of the molecule is COC1(c2cc(F)cc(Sc3ccc(CON=C(c4ccccc4)c4ccccc4)cc3)c2)CCOCC1. The maximum absolute atomic E-state index is 14.6. The lowest BCUT2D eigenvalue weighted by Crippen LogP contribution is -2.35. The van der Waals surface area contributed by atoms with E-state index in [1.54, 1.807) is 19.2 Å². The standard InChI is InChI=1S/C32H30FNO3S/c1-35-32(16-18-36-19-17-32)27-20-28(33)22-30(21-27)38-29-14-12-24(13-15-29)23-37-34-31(25-8-4-2-5-9-25)26-10-6-3-7-11-26/h2-15,20-22H,16-19,23H2,1H3. The number of benzene rings is 4. The summed E-state index contributed by atoms with van der Waals surface area (Å²) in [5, 5.41) is 4.48. The molecular weight excluding hydrogens is 497 g/mol. The Morgan fingerprint density at radius 3 is 2.08 bits per heavy atom. The van der Waals surface area contributed by atoms with E-state index in [1.165, 1.54) is 11.8 Å². The van der Waals surface area contributed by atoms with Crippen molar-refractivity contribution in [1.29, 1.82) is 0 Å². The van der Waals surface area contributed by atoms with Crippen LogP contribution in [0.1, 0.15) is 35.1 Å². The van der Waals surface area contributed by atoms with Crippen LogP contribution in [0.3, 0.4) is 0 Å². The molecule has 0 spiro atoms. The first kappa shape index (κ1) is 26.2. The summed E-state index contributed by atoms with van der Waals surface area (Å²) < 4.78 is 26.0. The maximum atomic E-state index is 14.6. The Balaban J connectivity index is 1.27. The van der Waals surface area contributed by atoms with Crippen molar-refractivity contribution >= 4 is 17.5 Å². The third kappa shape index (κ3) is 6.33. The predicted molar refractivity (Wildman–Crippen MR) is 149 cm³/mol. The largest absolute Gasteiger partial charge is 0.390 e. The molecule has 1 heterocycles. The van der Waals surface area contributed by atoms with Crippen LogP contribution in [0.2, 0.25) is 0 Å². The number of methoxy groups -OCH3 is 1. The first-order chi connectivity index (χ1) is 18.6. The number of halogens is 1. The fourth-order valence-corrected chi connectivity index (χ4v) is 5.52. The number of hydrogen-bond donors (Lipinski definition) is 0. The highest BCUT2D eigenvalue weighted by Crippen LogP contribution is 2.39. The van der Waals surface area contributed by atoms with Crippen LogP contribution in [0.5, 0.6) is 0 Å². The second kappa shape index (κ2) is 12.4. The van der Waals surface area contributed by atoms with Crippen molar-refractivity contribution in [3.63, 3.8) is 0 Å². The van der Waals surface area contributed by atoms with Crippen LogP contribution in [0, 0.1) is 5.82 Å². The van der Waals surface area contributed by atoms with Gasteiger partial charge in [0.05, 0.1) is 5.60 Å². The van der Waals surface area contributed by atoms with E-state index in [0.29, 0.717) is 32.7 Å². The Kier molecular flexibility index (Phi) is 8.54. The van der Waals surface area contributed by atoms with Crippen molar-refractivity contribution < 1.29 is 18.7 Å². The van der Waals surface area contributed by atoms with Gasteiger partial charge in [0.1, 0.15) is 18.1 Å². The summed E-state index contributed by atoms with van der Waals surface area (Å²) in [7, 11) is 1.69. The molecule has 6 heteroatoms. The molecule has 4 aromatic carbocycles. The van der Waals surface area contributed by atoms with Crippen LogP contribution in [0.15, 0.2) is 118 Å². The average molecular weight is 528 g/mol. The molecule has 1 aliphatic rings. The molecule has 1 fully saturated rings. The van der Waals surface area contributed by atoms with Gasteiger partial charge in [0.25, 0.3) is 0 Å². The lowest BCUT2D eigenvalue weighted by Gasteiger charge is -2.36. The summed E-state index contributed by atoms with van der Waals surface area (Å²) in [6, 6.07) is 33.3. The number of hydrogen-bond acceptors (Lipinski definition) is 5. The molecule has 0 bridgehead atoms. The highest BCUT2D eigenvalue weighted by Gasteiger charge is 2.35. The van der Waals surface area contributed by atoms with E-state index in [9.17, 15) is 4.39 Å². The van der Waals surface area contributed by atoms with Gasteiger partial charge in [-0.25, -0.2) is 4.39 Å². The van der Waals surface area contributed by atoms with E-state index in [-0.39, 0.29) is 5.82 Å². The third-order valence-corrected chi connectivity index (χ3v) is 7.71. The molecule has 0 atom stereocenters. The van der Waals surface area contributed by atoms with Crippen LogP contribution in [-0.2, 0) is 26.5 Å². The molecule has 1 aliphatic heterocycles. The van der Waals surface area contributed by atoms with E-state index >= 15 is 0 Å². The summed E-state index contributed by atoms with van der Waals surface area (Å²) in [6.45, 7) is 1.56. The monoisotopic (exact) mass is 527 g/mol. The molecule has 4 aromatic rings. The van der Waals surface area contributed by atoms with Crippen LogP contribution >= 0.6 is 11.8 Å². The Labute approximate surface area is 227 Å². The van der Waals surface area contributed by atoms with E-state index in [1.807, 2.05) is 91.0 Å². The molecule has 194 valence electrons. The molecule has 0 aromatic heterocycles. The quantitative estimate of drug-likeness (QED) is 0.166. The second-order valence-electron chi connectivity index (χ2n) is 9.18. The van der Waals surface area contributed by atoms with Crippen LogP contribution in [-0.4, -0.2) is 26.0 Å².